The molecule has 150 valence electrons. The smallest absolute Gasteiger partial charge is 0.397 e. The van der Waals surface area contributed by atoms with Gasteiger partial charge in [0.1, 0.15) is 0 Å². The van der Waals surface area contributed by atoms with Crippen LogP contribution in [-0.2, 0) is 6.42 Å². The highest BCUT2D eigenvalue weighted by molar-refractivity contribution is 5.34. The molecule has 1 aromatic rings. The largest absolute Gasteiger partial charge is 0.459 e. The number of hydrogen-bond acceptors (Lipinski definition) is 2. The zero-order chi connectivity index (χ0) is 19.8. The van der Waals surface area contributed by atoms with E-state index in [1.807, 2.05) is 6.07 Å². The number of nitrogens with two attached hydrogens (primary N) is 1. The van der Waals surface area contributed by atoms with Crippen LogP contribution in [0.4, 0.5) is 36.4 Å². The normalized spacial score (nSPS) is 13.2. The van der Waals surface area contributed by atoms with Crippen molar-refractivity contribution >= 4 is 5.69 Å². The quantitative estimate of drug-likeness (QED) is 0.364. The number of nitrogens with zero attached hydrogens (tertiary/aromatic N) is 1. The molecule has 26 heavy (non-hydrogen) atoms. The van der Waals surface area contributed by atoms with Crippen molar-refractivity contribution in [3.63, 3.8) is 0 Å². The molecule has 0 aromatic carbocycles. The number of aryl methyl sites for hydroxylation is 1. The van der Waals surface area contributed by atoms with E-state index in [0.717, 1.165) is 37.8 Å². The van der Waals surface area contributed by atoms with Gasteiger partial charge >= 0.3 is 18.0 Å². The Balaban J connectivity index is 2.11. The van der Waals surface area contributed by atoms with Crippen molar-refractivity contribution in [1.29, 1.82) is 0 Å². The predicted octanol–water partition coefficient (Wildman–Crippen LogP) is 6.16. The Morgan fingerprint density at radius 2 is 1.31 bits per heavy atom. The SMILES string of the molecule is Nc1ccc(CCCCCCCCCC(F)(F)C(F)(F)C(F)(F)F)nc1. The van der Waals surface area contributed by atoms with Gasteiger partial charge < -0.3 is 5.73 Å². The predicted molar refractivity (Wildman–Crippen MR) is 85.2 cm³/mol. The molecule has 1 heterocycles. The number of unbranched alkanes of at least 4 members (excludes halogenated alkanes) is 6. The molecule has 2 nitrogen and oxygen atoms in total. The average molecular weight is 388 g/mol. The number of alkyl halides is 7. The molecule has 2 N–H and O–H groups in total. The van der Waals surface area contributed by atoms with Gasteiger partial charge in [-0.3, -0.25) is 4.98 Å². The van der Waals surface area contributed by atoms with E-state index < -0.39 is 24.4 Å². The first-order valence-corrected chi connectivity index (χ1v) is 8.50. The minimum Gasteiger partial charge on any atom is -0.397 e. The zero-order valence-electron chi connectivity index (χ0n) is 14.3. The number of anilines is 1. The van der Waals surface area contributed by atoms with Gasteiger partial charge in [-0.15, -0.1) is 0 Å². The van der Waals surface area contributed by atoms with Gasteiger partial charge in [-0.25, -0.2) is 0 Å². The van der Waals surface area contributed by atoms with E-state index in [9.17, 15) is 30.7 Å². The van der Waals surface area contributed by atoms with Gasteiger partial charge in [0.15, 0.2) is 0 Å². The standard InChI is InChI=1S/C17H23F7N2/c18-15(19,16(20,21)17(22,23)24)11-7-5-3-1-2-4-6-8-14-10-9-13(25)12-26-14/h9-10,12H,1-8,11,25H2. The number of halogens is 7. The highest BCUT2D eigenvalue weighted by atomic mass is 19.4. The number of hydrogen-bond donors (Lipinski definition) is 1. The first kappa shape index (κ1) is 22.5. The van der Waals surface area contributed by atoms with Crippen molar-refractivity contribution in [2.45, 2.75) is 75.8 Å². The molecule has 0 saturated heterocycles. The fraction of sp³-hybridized carbons (Fsp3) is 0.706. The summed E-state index contributed by atoms with van der Waals surface area (Å²) in [6.07, 6.45) is -1.64. The van der Waals surface area contributed by atoms with Crippen molar-refractivity contribution < 1.29 is 30.7 Å². The Hall–Kier alpha value is -1.54. The molecular weight excluding hydrogens is 365 g/mol. The van der Waals surface area contributed by atoms with Gasteiger partial charge in [-0.2, -0.15) is 30.7 Å². The molecule has 0 radical (unpaired) electrons. The summed E-state index contributed by atoms with van der Waals surface area (Å²) in [5.41, 5.74) is 7.04. The first-order valence-electron chi connectivity index (χ1n) is 8.50. The third-order valence-electron chi connectivity index (χ3n) is 4.09. The minimum atomic E-state index is -6.24. The van der Waals surface area contributed by atoms with Gasteiger partial charge in [-0.05, 0) is 31.4 Å². The summed E-state index contributed by atoms with van der Waals surface area (Å²) < 4.78 is 87.5. The van der Waals surface area contributed by atoms with Crippen LogP contribution in [0.2, 0.25) is 0 Å². The number of aromatic nitrogens is 1. The fourth-order valence-corrected chi connectivity index (χ4v) is 2.49. The monoisotopic (exact) mass is 388 g/mol. The topological polar surface area (TPSA) is 38.9 Å². The number of nitrogen functional groups attached to an aromatic ring is 1. The molecule has 0 unspecified atom stereocenters. The highest BCUT2D eigenvalue weighted by Gasteiger charge is 2.72. The molecule has 0 fully saturated rings. The van der Waals surface area contributed by atoms with Crippen LogP contribution in [0, 0.1) is 0 Å². The second-order valence-corrected chi connectivity index (χ2v) is 6.33. The zero-order valence-corrected chi connectivity index (χ0v) is 14.3. The minimum absolute atomic E-state index is 0.197. The maximum Gasteiger partial charge on any atom is 0.459 e. The fourth-order valence-electron chi connectivity index (χ4n) is 2.49. The second kappa shape index (κ2) is 9.41. The molecule has 0 aliphatic carbocycles. The Labute approximate surface area is 148 Å². The molecular formula is C17H23F7N2. The molecule has 9 heteroatoms. The van der Waals surface area contributed by atoms with Gasteiger partial charge in [0.25, 0.3) is 0 Å². The van der Waals surface area contributed by atoms with Crippen molar-refractivity contribution in [3.05, 3.63) is 24.0 Å². The molecule has 0 aliphatic rings. The van der Waals surface area contributed by atoms with Gasteiger partial charge in [0.2, 0.25) is 0 Å². The van der Waals surface area contributed by atoms with Crippen LogP contribution in [0.15, 0.2) is 18.3 Å². The van der Waals surface area contributed by atoms with Crippen molar-refractivity contribution in [2.75, 3.05) is 5.73 Å². The van der Waals surface area contributed by atoms with Gasteiger partial charge in [-0.1, -0.05) is 32.1 Å². The third kappa shape index (κ3) is 6.64. The Kier molecular flexibility index (Phi) is 8.15. The van der Waals surface area contributed by atoms with Crippen LogP contribution >= 0.6 is 0 Å². The van der Waals surface area contributed by atoms with Gasteiger partial charge in [0, 0.05) is 12.1 Å². The van der Waals surface area contributed by atoms with Gasteiger partial charge in [0.05, 0.1) is 11.9 Å². The van der Waals surface area contributed by atoms with Crippen molar-refractivity contribution in [3.8, 4) is 0 Å². The number of pyridine rings is 1. The summed E-state index contributed by atoms with van der Waals surface area (Å²) in [4.78, 5) is 4.16. The third-order valence-corrected chi connectivity index (χ3v) is 4.09. The lowest BCUT2D eigenvalue weighted by Gasteiger charge is -2.28. The van der Waals surface area contributed by atoms with Crippen LogP contribution in [0.1, 0.15) is 57.1 Å². The summed E-state index contributed by atoms with van der Waals surface area (Å²) in [7, 11) is 0. The average Bonchev–Trinajstić information content (AvgIpc) is 2.53. The molecule has 0 amide bonds. The highest BCUT2D eigenvalue weighted by Crippen LogP contribution is 2.48. The summed E-state index contributed by atoms with van der Waals surface area (Å²) in [5, 5.41) is 0. The van der Waals surface area contributed by atoms with Crippen LogP contribution in [0.3, 0.4) is 0 Å². The van der Waals surface area contributed by atoms with E-state index in [-0.39, 0.29) is 12.8 Å². The lowest BCUT2D eigenvalue weighted by Crippen LogP contribution is -2.51. The van der Waals surface area contributed by atoms with Crippen molar-refractivity contribution in [1.82, 2.24) is 4.98 Å². The van der Waals surface area contributed by atoms with E-state index in [1.54, 1.807) is 12.3 Å². The first-order chi connectivity index (χ1) is 12.0. The van der Waals surface area contributed by atoms with Crippen LogP contribution < -0.4 is 5.73 Å². The van der Waals surface area contributed by atoms with Crippen LogP contribution in [0.25, 0.3) is 0 Å². The molecule has 0 bridgehead atoms. The molecule has 0 saturated carbocycles. The summed E-state index contributed by atoms with van der Waals surface area (Å²) in [6, 6.07) is 3.60. The van der Waals surface area contributed by atoms with E-state index in [4.69, 9.17) is 5.73 Å². The Morgan fingerprint density at radius 3 is 1.81 bits per heavy atom. The summed E-state index contributed by atoms with van der Waals surface area (Å²) in [5.74, 6) is -11.1. The second-order valence-electron chi connectivity index (χ2n) is 6.33. The van der Waals surface area contributed by atoms with E-state index in [0.29, 0.717) is 12.1 Å². The maximum atomic E-state index is 13.1. The molecule has 1 aromatic heterocycles. The Bertz CT molecular complexity index is 527. The van der Waals surface area contributed by atoms with E-state index >= 15 is 0 Å². The molecule has 1 rings (SSSR count). The van der Waals surface area contributed by atoms with Crippen LogP contribution in [-0.4, -0.2) is 23.0 Å². The maximum absolute atomic E-state index is 13.1. The number of rotatable bonds is 11. The summed E-state index contributed by atoms with van der Waals surface area (Å²) in [6.45, 7) is 0. The lowest BCUT2D eigenvalue weighted by molar-refractivity contribution is -0.355. The Morgan fingerprint density at radius 1 is 0.769 bits per heavy atom. The van der Waals surface area contributed by atoms with Crippen LogP contribution in [0.5, 0.6) is 0 Å². The lowest BCUT2D eigenvalue weighted by atomic mass is 10.0. The molecule has 0 spiro atoms. The molecule has 0 aliphatic heterocycles. The van der Waals surface area contributed by atoms with E-state index in [1.165, 1.54) is 0 Å². The van der Waals surface area contributed by atoms with E-state index in [2.05, 4.69) is 4.98 Å². The molecule has 0 atom stereocenters. The summed E-state index contributed by atoms with van der Waals surface area (Å²) >= 11 is 0. The van der Waals surface area contributed by atoms with Crippen molar-refractivity contribution in [2.24, 2.45) is 0 Å².